The van der Waals surface area contributed by atoms with Crippen molar-refractivity contribution in [2.45, 2.75) is 0 Å². The normalized spacial score (nSPS) is 10.0. The third kappa shape index (κ3) is 2.52. The molecule has 22 heavy (non-hydrogen) atoms. The van der Waals surface area contributed by atoms with Gasteiger partial charge in [-0.1, -0.05) is 24.3 Å². The van der Waals surface area contributed by atoms with Crippen LogP contribution >= 0.6 is 0 Å². The number of rotatable bonds is 2. The zero-order chi connectivity index (χ0) is 14.8. The summed E-state index contributed by atoms with van der Waals surface area (Å²) in [5.41, 5.74) is 1.59. The van der Waals surface area contributed by atoms with Crippen molar-refractivity contribution in [3.8, 4) is 0 Å². The van der Waals surface area contributed by atoms with Gasteiger partial charge in [0.05, 0.1) is 0 Å². The van der Waals surface area contributed by atoms with Gasteiger partial charge < -0.3 is 5.48 Å². The highest BCUT2D eigenvalue weighted by molar-refractivity contribution is 5.93. The number of hydrogen-bond donors (Lipinski definition) is 1. The number of nitrogens with zero attached hydrogens (tertiary/aromatic N) is 2. The van der Waals surface area contributed by atoms with Crippen molar-refractivity contribution in [3.05, 3.63) is 80.2 Å². The van der Waals surface area contributed by atoms with Crippen LogP contribution in [0.4, 0.5) is 0 Å². The van der Waals surface area contributed by atoms with Gasteiger partial charge in [-0.05, 0) is 12.1 Å². The fourth-order valence-electron chi connectivity index (χ4n) is 2.01. The van der Waals surface area contributed by atoms with Crippen LogP contribution in [-0.2, 0) is 0 Å². The molecule has 0 saturated heterocycles. The average molecular weight is 297 g/mol. The Hall–Kier alpha value is -3.19. The number of hydrogen-bond acceptors (Lipinski definition) is 5. The summed E-state index contributed by atoms with van der Waals surface area (Å²) in [6.07, 6.45) is 2.92. The van der Waals surface area contributed by atoms with Crippen LogP contribution in [0.2, 0.25) is 0 Å². The summed E-state index contributed by atoms with van der Waals surface area (Å²) in [6.45, 7) is 0. The Labute approximate surface area is 123 Å². The van der Waals surface area contributed by atoms with Crippen molar-refractivity contribution >= 4 is 16.7 Å². The first-order valence-electron chi connectivity index (χ1n) is 6.15. The van der Waals surface area contributed by atoms with Gasteiger partial charge in [0.1, 0.15) is 0 Å². The minimum Gasteiger partial charge on any atom is -0.412 e. The predicted molar refractivity (Wildman–Crippen MR) is 79.7 cm³/mol. The van der Waals surface area contributed by atoms with Gasteiger partial charge in [-0.3, -0.25) is 19.4 Å². The molecule has 7 heteroatoms. The van der Waals surface area contributed by atoms with Gasteiger partial charge in [0.25, 0.3) is 5.91 Å². The summed E-state index contributed by atoms with van der Waals surface area (Å²) in [5, 5.41) is 4.00. The highest BCUT2D eigenvalue weighted by atomic mass is 16.2. The third-order valence-electron chi connectivity index (χ3n) is 3.06. The number of aromatic nitrogens is 1. The van der Waals surface area contributed by atoms with Crippen LogP contribution in [-0.4, -0.2) is 16.4 Å². The van der Waals surface area contributed by atoms with Crippen LogP contribution in [0.25, 0.3) is 10.8 Å². The first-order chi connectivity index (χ1) is 10.2. The minimum atomic E-state index is -0.513. The van der Waals surface area contributed by atoms with Gasteiger partial charge in [0.2, 0.25) is 10.9 Å². The molecule has 0 unspecified atom stereocenters. The van der Waals surface area contributed by atoms with Gasteiger partial charge in [-0.2, -0.15) is 5.10 Å². The van der Waals surface area contributed by atoms with Crippen LogP contribution < -0.4 is 21.6 Å². The lowest BCUT2D eigenvalue weighted by atomic mass is 10.2. The van der Waals surface area contributed by atoms with Crippen LogP contribution in [0.3, 0.4) is 0 Å². The average Bonchev–Trinajstić information content (AvgIpc) is 2.78. The second-order valence-electron chi connectivity index (χ2n) is 4.34. The molecule has 0 aliphatic rings. The van der Waals surface area contributed by atoms with E-state index in [0.717, 1.165) is 0 Å². The van der Waals surface area contributed by atoms with Crippen LogP contribution in [0.5, 0.6) is 0 Å². The maximum absolute atomic E-state index is 12.0. The fraction of sp³-hybridized carbons (Fsp3) is 0. The van der Waals surface area contributed by atoms with E-state index in [2.05, 4.69) is 15.5 Å². The molecule has 1 heterocycles. The summed E-state index contributed by atoms with van der Waals surface area (Å²) in [5.74, 6) is -0.513. The monoisotopic (exact) mass is 297 g/mol. The molecular formula is C15H11N3O4. The molecule has 2 aromatic carbocycles. The molecule has 7 nitrogen and oxygen atoms in total. The molecule has 0 bridgehead atoms. The van der Waals surface area contributed by atoms with E-state index >= 15 is 0 Å². The number of carbonyl (C=O) groups excluding carboxylic acids is 1. The Balaban J connectivity index is 0.00000176. The Morgan fingerprint density at radius 2 is 1.50 bits per heavy atom. The molecule has 0 fully saturated rings. The number of fused-ring (bicyclic) bond motifs is 1. The second kappa shape index (κ2) is 6.06. The first-order valence-corrected chi connectivity index (χ1v) is 6.15. The van der Waals surface area contributed by atoms with Crippen molar-refractivity contribution in [2.75, 3.05) is 0 Å². The van der Waals surface area contributed by atoms with E-state index in [4.69, 9.17) is 0 Å². The first kappa shape index (κ1) is 15.2. The van der Waals surface area contributed by atoms with E-state index in [0.29, 0.717) is 16.3 Å². The number of pyridine rings is 1. The molecular weight excluding hydrogens is 286 g/mol. The van der Waals surface area contributed by atoms with Crippen LogP contribution in [0.15, 0.2) is 63.5 Å². The van der Waals surface area contributed by atoms with Gasteiger partial charge >= 0.3 is 0 Å². The lowest BCUT2D eigenvalue weighted by Crippen LogP contribution is -2.35. The molecule has 3 aromatic rings. The smallest absolute Gasteiger partial charge is 0.271 e. The summed E-state index contributed by atoms with van der Waals surface area (Å²) in [7, 11) is 0. The highest BCUT2D eigenvalue weighted by Gasteiger charge is 2.10. The third-order valence-corrected chi connectivity index (χ3v) is 3.06. The molecule has 3 N–H and O–H groups in total. The van der Waals surface area contributed by atoms with Crippen LogP contribution in [0.1, 0.15) is 10.4 Å². The van der Waals surface area contributed by atoms with E-state index in [-0.39, 0.29) is 10.8 Å². The Morgan fingerprint density at radius 1 is 0.955 bits per heavy atom. The maximum Gasteiger partial charge on any atom is 0.271 e. The molecule has 0 radical (unpaired) electrons. The molecule has 0 spiro atoms. The summed E-state index contributed by atoms with van der Waals surface area (Å²) in [6, 6.07) is 9.46. The van der Waals surface area contributed by atoms with E-state index in [9.17, 15) is 14.4 Å². The Bertz CT molecular complexity index is 923. The van der Waals surface area contributed by atoms with Crippen molar-refractivity contribution in [1.82, 2.24) is 10.4 Å². The lowest BCUT2D eigenvalue weighted by molar-refractivity contribution is 0.0953. The molecule has 0 saturated carbocycles. The SMILES string of the molecule is O.O=C(NN=c1c(=O)c2ccccc2c1=O)c1ccncc1. The van der Waals surface area contributed by atoms with Gasteiger partial charge in [0, 0.05) is 28.7 Å². The van der Waals surface area contributed by atoms with Gasteiger partial charge in [0.15, 0.2) is 5.36 Å². The molecule has 0 aliphatic carbocycles. The van der Waals surface area contributed by atoms with E-state index in [1.165, 1.54) is 24.5 Å². The van der Waals surface area contributed by atoms with Crippen LogP contribution in [0, 0.1) is 0 Å². The Kier molecular flexibility index (Phi) is 4.19. The van der Waals surface area contributed by atoms with E-state index < -0.39 is 16.8 Å². The zero-order valence-corrected chi connectivity index (χ0v) is 11.2. The largest absolute Gasteiger partial charge is 0.412 e. The molecule has 0 atom stereocenters. The number of nitrogens with one attached hydrogen (secondary N) is 1. The number of benzene rings is 1. The van der Waals surface area contributed by atoms with Gasteiger partial charge in [-0.15, -0.1) is 0 Å². The molecule has 0 aliphatic heterocycles. The van der Waals surface area contributed by atoms with E-state index in [1.807, 2.05) is 0 Å². The number of carbonyl (C=O) groups is 1. The van der Waals surface area contributed by atoms with Gasteiger partial charge in [-0.25, -0.2) is 5.43 Å². The molecule has 1 amide bonds. The fourth-order valence-corrected chi connectivity index (χ4v) is 2.01. The minimum absolute atomic E-state index is 0. The predicted octanol–water partition coefficient (Wildman–Crippen LogP) is -0.748. The molecule has 110 valence electrons. The second-order valence-corrected chi connectivity index (χ2v) is 4.34. The highest BCUT2D eigenvalue weighted by Crippen LogP contribution is 2.01. The topological polar surface area (TPSA) is 120 Å². The van der Waals surface area contributed by atoms with Crippen molar-refractivity contribution in [1.29, 1.82) is 0 Å². The molecule has 1 aromatic heterocycles. The molecule has 3 rings (SSSR count). The quantitative estimate of drug-likeness (QED) is 0.626. The maximum atomic E-state index is 12.0. The lowest BCUT2D eigenvalue weighted by Gasteiger charge is -1.96. The summed E-state index contributed by atoms with van der Waals surface area (Å²) >= 11 is 0. The van der Waals surface area contributed by atoms with Crippen molar-refractivity contribution < 1.29 is 10.3 Å². The number of amides is 1. The Morgan fingerprint density at radius 3 is 2.05 bits per heavy atom. The standard InChI is InChI=1S/C15H9N3O3.H2O/c19-13-10-3-1-2-4-11(10)14(20)12(13)17-18-15(21)9-5-7-16-8-6-9;/h1-8H,(H,18,21);1H2. The summed E-state index contributed by atoms with van der Waals surface area (Å²) in [4.78, 5) is 39.7. The van der Waals surface area contributed by atoms with Crippen molar-refractivity contribution in [3.63, 3.8) is 0 Å². The van der Waals surface area contributed by atoms with E-state index in [1.54, 1.807) is 24.3 Å². The van der Waals surface area contributed by atoms with Crippen molar-refractivity contribution in [2.24, 2.45) is 5.10 Å². The zero-order valence-electron chi connectivity index (χ0n) is 11.2. The summed E-state index contributed by atoms with van der Waals surface area (Å²) < 4.78 is 0.